The minimum Gasteiger partial charge on any atom is -0.507 e. The summed E-state index contributed by atoms with van der Waals surface area (Å²) in [5.41, 5.74) is 1.81. The smallest absolute Gasteiger partial charge is 0.295 e. The molecule has 1 amide bonds. The SMILES string of the molecule is CCOc1ccc(/C(O)=C2\C(=O)C(=O)N(Cc3ccccc3OC)C2c2cccnc2)cc1. The number of ketones is 1. The van der Waals surface area contributed by atoms with Crippen molar-refractivity contribution in [2.24, 2.45) is 0 Å². The third-order valence-corrected chi connectivity index (χ3v) is 5.51. The van der Waals surface area contributed by atoms with E-state index in [1.54, 1.807) is 62.0 Å². The number of ether oxygens (including phenoxy) is 2. The molecule has 0 aliphatic carbocycles. The molecule has 7 heteroatoms. The zero-order valence-electron chi connectivity index (χ0n) is 18.4. The van der Waals surface area contributed by atoms with Gasteiger partial charge in [0, 0.05) is 23.5 Å². The van der Waals surface area contributed by atoms with Crippen LogP contribution >= 0.6 is 0 Å². The Morgan fingerprint density at radius 3 is 2.48 bits per heavy atom. The van der Waals surface area contributed by atoms with Gasteiger partial charge in [-0.25, -0.2) is 0 Å². The monoisotopic (exact) mass is 444 g/mol. The van der Waals surface area contributed by atoms with E-state index in [1.165, 1.54) is 4.90 Å². The van der Waals surface area contributed by atoms with E-state index >= 15 is 0 Å². The molecule has 0 spiro atoms. The third kappa shape index (κ3) is 4.30. The van der Waals surface area contributed by atoms with Gasteiger partial charge in [0.25, 0.3) is 11.7 Å². The van der Waals surface area contributed by atoms with E-state index in [-0.39, 0.29) is 17.9 Å². The number of nitrogens with zero attached hydrogens (tertiary/aromatic N) is 2. The molecule has 1 aliphatic rings. The second kappa shape index (κ2) is 9.56. The number of methoxy groups -OCH3 is 1. The van der Waals surface area contributed by atoms with Crippen molar-refractivity contribution in [1.82, 2.24) is 9.88 Å². The molecule has 3 aromatic rings. The Hall–Kier alpha value is -4.13. The quantitative estimate of drug-likeness (QED) is 0.335. The summed E-state index contributed by atoms with van der Waals surface area (Å²) in [5, 5.41) is 11.1. The number of benzene rings is 2. The standard InChI is InChI=1S/C26H24N2O5/c1-3-33-20-12-10-17(11-13-20)24(29)22-23(18-8-6-14-27-15-18)28(26(31)25(22)30)16-19-7-4-5-9-21(19)32-2/h4-15,23,29H,3,16H2,1-2H3/b24-22+. The number of amides is 1. The Bertz CT molecular complexity index is 1190. The number of carbonyl (C=O) groups is 2. The lowest BCUT2D eigenvalue weighted by atomic mass is 9.96. The lowest BCUT2D eigenvalue weighted by Crippen LogP contribution is -2.29. The van der Waals surface area contributed by atoms with Gasteiger partial charge in [-0.3, -0.25) is 14.6 Å². The van der Waals surface area contributed by atoms with Gasteiger partial charge >= 0.3 is 0 Å². The number of aliphatic hydroxyl groups excluding tert-OH is 1. The van der Waals surface area contributed by atoms with Gasteiger partial charge in [-0.05, 0) is 48.9 Å². The molecule has 1 aromatic heterocycles. The predicted molar refractivity (Wildman–Crippen MR) is 123 cm³/mol. The van der Waals surface area contributed by atoms with Gasteiger partial charge in [-0.15, -0.1) is 0 Å². The first kappa shape index (κ1) is 22.1. The largest absolute Gasteiger partial charge is 0.507 e. The van der Waals surface area contributed by atoms with Crippen LogP contribution < -0.4 is 9.47 Å². The van der Waals surface area contributed by atoms with Crippen molar-refractivity contribution in [3.8, 4) is 11.5 Å². The number of carbonyl (C=O) groups excluding carboxylic acids is 2. The van der Waals surface area contributed by atoms with Crippen molar-refractivity contribution >= 4 is 17.4 Å². The molecule has 1 aliphatic heterocycles. The summed E-state index contributed by atoms with van der Waals surface area (Å²) in [6, 6.07) is 16.8. The summed E-state index contributed by atoms with van der Waals surface area (Å²) >= 11 is 0. The highest BCUT2D eigenvalue weighted by molar-refractivity contribution is 6.46. The number of aromatic nitrogens is 1. The molecule has 2 aromatic carbocycles. The van der Waals surface area contributed by atoms with Crippen molar-refractivity contribution in [1.29, 1.82) is 0 Å². The molecule has 0 bridgehead atoms. The Morgan fingerprint density at radius 2 is 1.82 bits per heavy atom. The average molecular weight is 444 g/mol. The summed E-state index contributed by atoms with van der Waals surface area (Å²) in [7, 11) is 1.55. The van der Waals surface area contributed by atoms with Gasteiger partial charge in [-0.2, -0.15) is 0 Å². The maximum Gasteiger partial charge on any atom is 0.295 e. The fraction of sp³-hybridized carbons (Fsp3) is 0.192. The lowest BCUT2D eigenvalue weighted by molar-refractivity contribution is -0.140. The molecular formula is C26H24N2O5. The molecular weight excluding hydrogens is 420 g/mol. The minimum atomic E-state index is -0.796. The maximum absolute atomic E-state index is 13.1. The topological polar surface area (TPSA) is 89.0 Å². The van der Waals surface area contributed by atoms with Crippen molar-refractivity contribution in [2.75, 3.05) is 13.7 Å². The molecule has 168 valence electrons. The molecule has 1 unspecified atom stereocenters. The van der Waals surface area contributed by atoms with Crippen LogP contribution in [0.5, 0.6) is 11.5 Å². The summed E-state index contributed by atoms with van der Waals surface area (Å²) in [6.07, 6.45) is 3.21. The Morgan fingerprint density at radius 1 is 1.06 bits per heavy atom. The van der Waals surface area contributed by atoms with Gasteiger partial charge < -0.3 is 19.5 Å². The highest BCUT2D eigenvalue weighted by Crippen LogP contribution is 2.40. The Labute approximate surface area is 191 Å². The second-order valence-electron chi connectivity index (χ2n) is 7.48. The fourth-order valence-electron chi connectivity index (χ4n) is 3.98. The Kier molecular flexibility index (Phi) is 6.40. The lowest BCUT2D eigenvalue weighted by Gasteiger charge is -2.25. The molecule has 33 heavy (non-hydrogen) atoms. The van der Waals surface area contributed by atoms with E-state index < -0.39 is 17.7 Å². The molecule has 2 heterocycles. The zero-order chi connectivity index (χ0) is 23.4. The normalized spacial score (nSPS) is 17.3. The fourth-order valence-corrected chi connectivity index (χ4v) is 3.98. The predicted octanol–water partition coefficient (Wildman–Crippen LogP) is 4.11. The van der Waals surface area contributed by atoms with E-state index in [1.807, 2.05) is 25.1 Å². The molecule has 1 atom stereocenters. The van der Waals surface area contributed by atoms with Crippen LogP contribution in [0, 0.1) is 0 Å². The highest BCUT2D eigenvalue weighted by Gasteiger charge is 2.46. The van der Waals surface area contributed by atoms with Crippen LogP contribution in [-0.2, 0) is 16.1 Å². The molecule has 1 fully saturated rings. The van der Waals surface area contributed by atoms with Crippen LogP contribution in [0.2, 0.25) is 0 Å². The van der Waals surface area contributed by atoms with Crippen molar-refractivity contribution in [3.05, 3.63) is 95.3 Å². The van der Waals surface area contributed by atoms with E-state index in [0.29, 0.717) is 29.2 Å². The van der Waals surface area contributed by atoms with Gasteiger partial charge in [-0.1, -0.05) is 24.3 Å². The van der Waals surface area contributed by atoms with E-state index in [4.69, 9.17) is 9.47 Å². The van der Waals surface area contributed by atoms with Crippen LogP contribution in [0.4, 0.5) is 0 Å². The number of para-hydroxylation sites is 1. The highest BCUT2D eigenvalue weighted by atomic mass is 16.5. The van der Waals surface area contributed by atoms with Gasteiger partial charge in [0.2, 0.25) is 0 Å². The first-order valence-corrected chi connectivity index (χ1v) is 10.6. The number of aliphatic hydroxyl groups is 1. The molecule has 0 radical (unpaired) electrons. The van der Waals surface area contributed by atoms with Crippen LogP contribution in [0.1, 0.15) is 29.7 Å². The van der Waals surface area contributed by atoms with E-state index in [2.05, 4.69) is 4.98 Å². The van der Waals surface area contributed by atoms with E-state index in [9.17, 15) is 14.7 Å². The van der Waals surface area contributed by atoms with Crippen LogP contribution in [0.15, 0.2) is 78.6 Å². The van der Waals surface area contributed by atoms with Crippen molar-refractivity contribution in [2.45, 2.75) is 19.5 Å². The van der Waals surface area contributed by atoms with E-state index in [0.717, 1.165) is 5.56 Å². The second-order valence-corrected chi connectivity index (χ2v) is 7.48. The number of pyridine rings is 1. The molecule has 1 saturated heterocycles. The van der Waals surface area contributed by atoms with Gasteiger partial charge in [0.15, 0.2) is 0 Å². The molecule has 7 nitrogen and oxygen atoms in total. The average Bonchev–Trinajstić information content (AvgIpc) is 3.10. The molecule has 0 saturated carbocycles. The molecule has 4 rings (SSSR count). The third-order valence-electron chi connectivity index (χ3n) is 5.51. The molecule has 1 N–H and O–H groups in total. The summed E-state index contributed by atoms with van der Waals surface area (Å²) in [4.78, 5) is 31.9. The zero-order valence-corrected chi connectivity index (χ0v) is 18.4. The van der Waals surface area contributed by atoms with Crippen LogP contribution in [0.25, 0.3) is 5.76 Å². The summed E-state index contributed by atoms with van der Waals surface area (Å²) in [5.74, 6) is -0.425. The first-order valence-electron chi connectivity index (χ1n) is 10.6. The number of likely N-dealkylation sites (tertiary alicyclic amines) is 1. The Balaban J connectivity index is 1.81. The summed E-state index contributed by atoms with van der Waals surface area (Å²) < 4.78 is 10.9. The number of Topliss-reactive ketones (excluding diaryl/α,β-unsaturated/α-hetero) is 1. The van der Waals surface area contributed by atoms with Crippen molar-refractivity contribution < 1.29 is 24.2 Å². The minimum absolute atomic E-state index is 0.0204. The van der Waals surface area contributed by atoms with Crippen LogP contribution in [0.3, 0.4) is 0 Å². The summed E-state index contributed by atoms with van der Waals surface area (Å²) in [6.45, 7) is 2.53. The number of hydrogen-bond donors (Lipinski definition) is 1. The van der Waals surface area contributed by atoms with Gasteiger partial charge in [0.05, 0.1) is 31.9 Å². The number of hydrogen-bond acceptors (Lipinski definition) is 6. The van der Waals surface area contributed by atoms with Crippen LogP contribution in [-0.4, -0.2) is 40.4 Å². The van der Waals surface area contributed by atoms with Gasteiger partial charge in [0.1, 0.15) is 17.3 Å². The number of rotatable bonds is 7. The van der Waals surface area contributed by atoms with Crippen molar-refractivity contribution in [3.63, 3.8) is 0 Å². The first-order chi connectivity index (χ1) is 16.0. The maximum atomic E-state index is 13.1.